The van der Waals surface area contributed by atoms with E-state index in [4.69, 9.17) is 5.11 Å². The van der Waals surface area contributed by atoms with Gasteiger partial charge in [-0.25, -0.2) is 4.79 Å². The summed E-state index contributed by atoms with van der Waals surface area (Å²) in [5, 5.41) is 22.1. The highest BCUT2D eigenvalue weighted by Gasteiger charge is 2.10. The lowest BCUT2D eigenvalue weighted by Gasteiger charge is -2.05. The maximum absolute atomic E-state index is 11.8. The number of amides is 1. The Bertz CT molecular complexity index is 781. The van der Waals surface area contributed by atoms with E-state index < -0.39 is 16.8 Å². The molecule has 1 amide bonds. The molecule has 23 heavy (non-hydrogen) atoms. The van der Waals surface area contributed by atoms with Crippen molar-refractivity contribution in [2.45, 2.75) is 0 Å². The topological polar surface area (TPSA) is 110 Å². The van der Waals surface area contributed by atoms with Crippen LogP contribution in [0.5, 0.6) is 0 Å². The second kappa shape index (κ2) is 6.99. The van der Waals surface area contributed by atoms with E-state index in [1.807, 2.05) is 0 Å². The minimum Gasteiger partial charge on any atom is -0.478 e. The second-order valence-electron chi connectivity index (χ2n) is 4.52. The molecular weight excluding hydrogens is 300 g/mol. The van der Waals surface area contributed by atoms with Gasteiger partial charge in [-0.2, -0.15) is 0 Å². The van der Waals surface area contributed by atoms with E-state index in [9.17, 15) is 19.7 Å². The number of nitrogens with zero attached hydrogens (tertiary/aromatic N) is 1. The number of nitro benzene ring substituents is 1. The third-order valence-corrected chi connectivity index (χ3v) is 2.95. The van der Waals surface area contributed by atoms with Crippen molar-refractivity contribution in [1.82, 2.24) is 0 Å². The molecule has 0 aromatic heterocycles. The standard InChI is InChI=1S/C16H12N2O5/c19-15(17-14-4-2-1-3-13(14)16(20)21)10-7-11-5-8-12(9-6-11)18(22)23/h1-10H,(H,17,19)(H,20,21). The summed E-state index contributed by atoms with van der Waals surface area (Å²) in [7, 11) is 0. The Labute approximate surface area is 131 Å². The fourth-order valence-electron chi connectivity index (χ4n) is 1.83. The summed E-state index contributed by atoms with van der Waals surface area (Å²) in [4.78, 5) is 32.9. The molecule has 0 aliphatic carbocycles. The zero-order valence-electron chi connectivity index (χ0n) is 11.8. The van der Waals surface area contributed by atoms with Crippen molar-refractivity contribution in [2.75, 3.05) is 5.32 Å². The van der Waals surface area contributed by atoms with Crippen LogP contribution in [0.15, 0.2) is 54.6 Å². The Morgan fingerprint density at radius 1 is 1.09 bits per heavy atom. The Morgan fingerprint density at radius 2 is 1.74 bits per heavy atom. The number of nitro groups is 1. The largest absolute Gasteiger partial charge is 0.478 e. The lowest BCUT2D eigenvalue weighted by Crippen LogP contribution is -2.11. The molecule has 7 nitrogen and oxygen atoms in total. The van der Waals surface area contributed by atoms with Crippen LogP contribution in [0.25, 0.3) is 6.08 Å². The number of anilines is 1. The predicted octanol–water partition coefficient (Wildman–Crippen LogP) is 2.94. The maximum atomic E-state index is 11.8. The molecular formula is C16H12N2O5. The number of hydrogen-bond acceptors (Lipinski definition) is 4. The van der Waals surface area contributed by atoms with E-state index in [0.717, 1.165) is 0 Å². The summed E-state index contributed by atoms with van der Waals surface area (Å²) in [5.74, 6) is -1.64. The van der Waals surface area contributed by atoms with Gasteiger partial charge in [-0.1, -0.05) is 12.1 Å². The van der Waals surface area contributed by atoms with Gasteiger partial charge in [-0.15, -0.1) is 0 Å². The molecule has 0 atom stereocenters. The molecule has 116 valence electrons. The van der Waals surface area contributed by atoms with Gasteiger partial charge in [-0.3, -0.25) is 14.9 Å². The number of carboxylic acid groups (broad SMARTS) is 1. The lowest BCUT2D eigenvalue weighted by atomic mass is 10.1. The van der Waals surface area contributed by atoms with Crippen molar-refractivity contribution in [3.8, 4) is 0 Å². The Hall–Kier alpha value is -3.48. The number of non-ortho nitro benzene ring substituents is 1. The van der Waals surface area contributed by atoms with Crippen molar-refractivity contribution >= 4 is 29.3 Å². The van der Waals surface area contributed by atoms with Gasteiger partial charge in [0.1, 0.15) is 0 Å². The predicted molar refractivity (Wildman–Crippen MR) is 84.2 cm³/mol. The van der Waals surface area contributed by atoms with Crippen LogP contribution in [0.2, 0.25) is 0 Å². The van der Waals surface area contributed by atoms with Gasteiger partial charge in [0, 0.05) is 18.2 Å². The first-order chi connectivity index (χ1) is 11.0. The fraction of sp³-hybridized carbons (Fsp3) is 0. The zero-order chi connectivity index (χ0) is 16.8. The Balaban J connectivity index is 2.07. The molecule has 0 unspecified atom stereocenters. The summed E-state index contributed by atoms with van der Waals surface area (Å²) >= 11 is 0. The van der Waals surface area contributed by atoms with Crippen LogP contribution >= 0.6 is 0 Å². The van der Waals surface area contributed by atoms with Crippen LogP contribution in [0, 0.1) is 10.1 Å². The van der Waals surface area contributed by atoms with Crippen LogP contribution in [-0.2, 0) is 4.79 Å². The number of carboxylic acids is 1. The van der Waals surface area contributed by atoms with Crippen molar-refractivity contribution < 1.29 is 19.6 Å². The molecule has 0 radical (unpaired) electrons. The third kappa shape index (κ3) is 4.24. The van der Waals surface area contributed by atoms with Crippen molar-refractivity contribution in [3.05, 3.63) is 75.8 Å². The number of rotatable bonds is 5. The van der Waals surface area contributed by atoms with Gasteiger partial charge < -0.3 is 10.4 Å². The molecule has 0 fully saturated rings. The molecule has 0 bridgehead atoms. The summed E-state index contributed by atoms with van der Waals surface area (Å²) in [5.41, 5.74) is 0.752. The second-order valence-corrected chi connectivity index (χ2v) is 4.52. The summed E-state index contributed by atoms with van der Waals surface area (Å²) < 4.78 is 0. The van der Waals surface area contributed by atoms with Gasteiger partial charge in [-0.05, 0) is 35.9 Å². The number of hydrogen-bond donors (Lipinski definition) is 2. The van der Waals surface area contributed by atoms with Crippen molar-refractivity contribution in [3.63, 3.8) is 0 Å². The van der Waals surface area contributed by atoms with Crippen LogP contribution in [0.1, 0.15) is 15.9 Å². The number of para-hydroxylation sites is 1. The number of aromatic carboxylic acids is 1. The van der Waals surface area contributed by atoms with E-state index >= 15 is 0 Å². The highest BCUT2D eigenvalue weighted by molar-refractivity contribution is 6.06. The smallest absolute Gasteiger partial charge is 0.337 e. The van der Waals surface area contributed by atoms with Crippen LogP contribution in [0.4, 0.5) is 11.4 Å². The molecule has 2 aromatic carbocycles. The molecule has 7 heteroatoms. The number of nitrogens with one attached hydrogen (secondary N) is 1. The van der Waals surface area contributed by atoms with Gasteiger partial charge in [0.05, 0.1) is 16.2 Å². The highest BCUT2D eigenvalue weighted by Crippen LogP contribution is 2.16. The zero-order valence-corrected chi connectivity index (χ0v) is 11.8. The van der Waals surface area contributed by atoms with Gasteiger partial charge >= 0.3 is 5.97 Å². The van der Waals surface area contributed by atoms with E-state index in [2.05, 4.69) is 5.32 Å². The number of carbonyl (C=O) groups excluding carboxylic acids is 1. The first-order valence-electron chi connectivity index (χ1n) is 6.53. The minimum absolute atomic E-state index is 0.00964. The fourth-order valence-corrected chi connectivity index (χ4v) is 1.83. The molecule has 0 aliphatic heterocycles. The Kier molecular flexibility index (Phi) is 4.83. The highest BCUT2D eigenvalue weighted by atomic mass is 16.6. The first kappa shape index (κ1) is 15.9. The monoisotopic (exact) mass is 312 g/mol. The summed E-state index contributed by atoms with van der Waals surface area (Å²) in [6.45, 7) is 0. The van der Waals surface area contributed by atoms with E-state index in [1.165, 1.54) is 48.6 Å². The quantitative estimate of drug-likeness (QED) is 0.501. The van der Waals surface area contributed by atoms with E-state index in [-0.39, 0.29) is 16.9 Å². The molecule has 0 heterocycles. The molecule has 0 spiro atoms. The minimum atomic E-state index is -1.14. The molecule has 2 aromatic rings. The van der Waals surface area contributed by atoms with E-state index in [1.54, 1.807) is 12.1 Å². The average molecular weight is 312 g/mol. The van der Waals surface area contributed by atoms with Crippen LogP contribution in [-0.4, -0.2) is 21.9 Å². The van der Waals surface area contributed by atoms with Gasteiger partial charge in [0.2, 0.25) is 5.91 Å². The Morgan fingerprint density at radius 3 is 2.35 bits per heavy atom. The van der Waals surface area contributed by atoms with Gasteiger partial charge in [0.15, 0.2) is 0 Å². The maximum Gasteiger partial charge on any atom is 0.337 e. The molecule has 2 rings (SSSR count). The molecule has 0 saturated heterocycles. The molecule has 0 saturated carbocycles. The summed E-state index contributed by atoms with van der Waals surface area (Å²) in [6, 6.07) is 11.7. The van der Waals surface area contributed by atoms with E-state index in [0.29, 0.717) is 5.56 Å². The number of carbonyl (C=O) groups is 2. The van der Waals surface area contributed by atoms with Crippen LogP contribution < -0.4 is 5.32 Å². The van der Waals surface area contributed by atoms with Gasteiger partial charge in [0.25, 0.3) is 5.69 Å². The van der Waals surface area contributed by atoms with Crippen molar-refractivity contribution in [1.29, 1.82) is 0 Å². The summed E-state index contributed by atoms with van der Waals surface area (Å²) in [6.07, 6.45) is 2.70. The lowest BCUT2D eigenvalue weighted by molar-refractivity contribution is -0.384. The normalized spacial score (nSPS) is 10.4. The SMILES string of the molecule is O=C(C=Cc1ccc([N+](=O)[O-])cc1)Nc1ccccc1C(=O)O. The molecule has 0 aliphatic rings. The first-order valence-corrected chi connectivity index (χ1v) is 6.53. The van der Waals surface area contributed by atoms with Crippen LogP contribution in [0.3, 0.4) is 0 Å². The third-order valence-electron chi connectivity index (χ3n) is 2.95. The number of benzene rings is 2. The van der Waals surface area contributed by atoms with Crippen molar-refractivity contribution in [2.24, 2.45) is 0 Å². The average Bonchev–Trinajstić information content (AvgIpc) is 2.53. The molecule has 2 N–H and O–H groups in total.